The van der Waals surface area contributed by atoms with Crippen LogP contribution in [-0.4, -0.2) is 28.8 Å². The van der Waals surface area contributed by atoms with E-state index in [1.807, 2.05) is 6.07 Å². The van der Waals surface area contributed by atoms with Gasteiger partial charge in [-0.1, -0.05) is 0 Å². The van der Waals surface area contributed by atoms with Crippen LogP contribution >= 0.6 is 0 Å². The van der Waals surface area contributed by atoms with E-state index >= 15 is 0 Å². The molecule has 2 rings (SSSR count). The van der Waals surface area contributed by atoms with Crippen LogP contribution in [0.5, 0.6) is 0 Å². The molecule has 1 aliphatic heterocycles. The fourth-order valence-corrected chi connectivity index (χ4v) is 2.31. The summed E-state index contributed by atoms with van der Waals surface area (Å²) in [6.45, 7) is 3.14. The summed E-state index contributed by atoms with van der Waals surface area (Å²) in [4.78, 5) is 16.9. The van der Waals surface area contributed by atoms with E-state index in [1.54, 1.807) is 12.4 Å². The number of piperidine rings is 1. The van der Waals surface area contributed by atoms with E-state index in [-0.39, 0.29) is 0 Å². The van der Waals surface area contributed by atoms with Gasteiger partial charge >= 0.3 is 6.09 Å². The fraction of sp³-hybridized carbons (Fsp3) is 0.500. The van der Waals surface area contributed by atoms with Gasteiger partial charge in [-0.2, -0.15) is 0 Å². The first-order valence-corrected chi connectivity index (χ1v) is 5.89. The highest BCUT2D eigenvalue weighted by molar-refractivity contribution is 5.88. The average molecular weight is 235 g/mol. The Bertz CT molecular complexity index is 408. The van der Waals surface area contributed by atoms with Crippen molar-refractivity contribution in [3.8, 4) is 0 Å². The molecule has 0 radical (unpaired) electrons. The summed E-state index contributed by atoms with van der Waals surface area (Å²) in [5.74, 6) is 0. The summed E-state index contributed by atoms with van der Waals surface area (Å²) in [5.41, 5.74) is 1.49. The van der Waals surface area contributed by atoms with Gasteiger partial charge in [-0.05, 0) is 32.3 Å². The standard InChI is InChI=1S/C12H17N3O2/c1-9-4-2-3-7-15(9)11-5-6-13-8-10(11)14-12(16)17/h5-6,8-9,14H,2-4,7H2,1H3,(H,16,17). The van der Waals surface area contributed by atoms with Crippen molar-refractivity contribution >= 4 is 17.5 Å². The largest absolute Gasteiger partial charge is 0.465 e. The van der Waals surface area contributed by atoms with Gasteiger partial charge in [0.2, 0.25) is 0 Å². The van der Waals surface area contributed by atoms with Crippen LogP contribution in [0.3, 0.4) is 0 Å². The van der Waals surface area contributed by atoms with Gasteiger partial charge in [0, 0.05) is 18.8 Å². The third-order valence-corrected chi connectivity index (χ3v) is 3.15. The van der Waals surface area contributed by atoms with Gasteiger partial charge in [0.1, 0.15) is 0 Å². The number of hydrogen-bond donors (Lipinski definition) is 2. The van der Waals surface area contributed by atoms with Gasteiger partial charge in [-0.15, -0.1) is 0 Å². The topological polar surface area (TPSA) is 65.5 Å². The zero-order chi connectivity index (χ0) is 12.3. The van der Waals surface area contributed by atoms with E-state index < -0.39 is 6.09 Å². The molecule has 2 N–H and O–H groups in total. The first-order chi connectivity index (χ1) is 8.18. The quantitative estimate of drug-likeness (QED) is 0.826. The maximum absolute atomic E-state index is 10.7. The van der Waals surface area contributed by atoms with Crippen molar-refractivity contribution < 1.29 is 9.90 Å². The molecule has 1 saturated heterocycles. The Labute approximate surface area is 100 Å². The first-order valence-electron chi connectivity index (χ1n) is 5.89. The first kappa shape index (κ1) is 11.7. The molecule has 0 aliphatic carbocycles. The Morgan fingerprint density at radius 2 is 2.41 bits per heavy atom. The maximum Gasteiger partial charge on any atom is 0.409 e. The number of nitrogens with zero attached hydrogens (tertiary/aromatic N) is 2. The summed E-state index contributed by atoms with van der Waals surface area (Å²) in [5, 5.41) is 11.2. The van der Waals surface area contributed by atoms with E-state index in [2.05, 4.69) is 22.1 Å². The summed E-state index contributed by atoms with van der Waals surface area (Å²) < 4.78 is 0. The summed E-state index contributed by atoms with van der Waals surface area (Å²) >= 11 is 0. The van der Waals surface area contributed by atoms with Crippen LogP contribution in [0.15, 0.2) is 18.5 Å². The van der Waals surface area contributed by atoms with Crippen molar-refractivity contribution in [1.29, 1.82) is 0 Å². The molecule has 92 valence electrons. The molecule has 5 heteroatoms. The van der Waals surface area contributed by atoms with Gasteiger partial charge in [-0.3, -0.25) is 10.3 Å². The molecule has 1 aromatic rings. The van der Waals surface area contributed by atoms with Crippen molar-refractivity contribution in [2.45, 2.75) is 32.2 Å². The highest BCUT2D eigenvalue weighted by Crippen LogP contribution is 2.30. The lowest BCUT2D eigenvalue weighted by atomic mass is 10.0. The number of hydrogen-bond acceptors (Lipinski definition) is 3. The molecule has 0 bridgehead atoms. The van der Waals surface area contributed by atoms with Gasteiger partial charge in [0.25, 0.3) is 0 Å². The molecule has 0 saturated carbocycles. The molecule has 1 aliphatic rings. The van der Waals surface area contributed by atoms with E-state index in [0.717, 1.165) is 25.1 Å². The molecule has 0 spiro atoms. The van der Waals surface area contributed by atoms with Crippen LogP contribution in [0.1, 0.15) is 26.2 Å². The second-order valence-electron chi connectivity index (χ2n) is 4.36. The molecule has 5 nitrogen and oxygen atoms in total. The number of carboxylic acid groups (broad SMARTS) is 1. The lowest BCUT2D eigenvalue weighted by Crippen LogP contribution is -2.38. The molecular formula is C12H17N3O2. The third-order valence-electron chi connectivity index (χ3n) is 3.15. The summed E-state index contributed by atoms with van der Waals surface area (Å²) in [6, 6.07) is 2.31. The molecule has 1 amide bonds. The molecule has 0 aromatic carbocycles. The van der Waals surface area contributed by atoms with Crippen LogP contribution in [0.2, 0.25) is 0 Å². The van der Waals surface area contributed by atoms with Crippen LogP contribution in [-0.2, 0) is 0 Å². The Hall–Kier alpha value is -1.78. The lowest BCUT2D eigenvalue weighted by molar-refractivity contribution is 0.209. The van der Waals surface area contributed by atoms with Gasteiger partial charge in [0.05, 0.1) is 17.6 Å². The number of amides is 1. The number of aromatic nitrogens is 1. The van der Waals surface area contributed by atoms with Crippen molar-refractivity contribution in [1.82, 2.24) is 4.98 Å². The zero-order valence-corrected chi connectivity index (χ0v) is 9.89. The van der Waals surface area contributed by atoms with Crippen molar-refractivity contribution in [2.75, 3.05) is 16.8 Å². The van der Waals surface area contributed by atoms with Crippen LogP contribution < -0.4 is 10.2 Å². The summed E-state index contributed by atoms with van der Waals surface area (Å²) in [7, 11) is 0. The van der Waals surface area contributed by atoms with E-state index in [1.165, 1.54) is 6.42 Å². The van der Waals surface area contributed by atoms with Crippen molar-refractivity contribution in [3.05, 3.63) is 18.5 Å². The van der Waals surface area contributed by atoms with Gasteiger partial charge in [0.15, 0.2) is 0 Å². The van der Waals surface area contributed by atoms with Crippen molar-refractivity contribution in [2.24, 2.45) is 0 Å². The molecule has 1 fully saturated rings. The Kier molecular flexibility index (Phi) is 3.46. The lowest BCUT2D eigenvalue weighted by Gasteiger charge is -2.36. The molecule has 1 atom stereocenters. The second kappa shape index (κ2) is 5.03. The van der Waals surface area contributed by atoms with Crippen molar-refractivity contribution in [3.63, 3.8) is 0 Å². The minimum Gasteiger partial charge on any atom is -0.465 e. The minimum absolute atomic E-state index is 0.445. The Morgan fingerprint density at radius 1 is 1.59 bits per heavy atom. The highest BCUT2D eigenvalue weighted by atomic mass is 16.4. The predicted molar refractivity (Wildman–Crippen MR) is 66.5 cm³/mol. The maximum atomic E-state index is 10.7. The smallest absolute Gasteiger partial charge is 0.409 e. The minimum atomic E-state index is -1.05. The molecule has 1 aromatic heterocycles. The zero-order valence-electron chi connectivity index (χ0n) is 9.89. The highest BCUT2D eigenvalue weighted by Gasteiger charge is 2.21. The molecular weight excluding hydrogens is 218 g/mol. The average Bonchev–Trinajstić information content (AvgIpc) is 2.30. The summed E-state index contributed by atoms with van der Waals surface area (Å²) in [6.07, 6.45) is 5.75. The SMILES string of the molecule is CC1CCCCN1c1ccncc1NC(=O)O. The fourth-order valence-electron chi connectivity index (χ4n) is 2.31. The Balaban J connectivity index is 2.26. The number of anilines is 2. The van der Waals surface area contributed by atoms with Gasteiger partial charge < -0.3 is 10.0 Å². The monoisotopic (exact) mass is 235 g/mol. The number of pyridine rings is 1. The predicted octanol–water partition coefficient (Wildman–Crippen LogP) is 2.55. The molecule has 2 heterocycles. The number of carbonyl (C=O) groups is 1. The van der Waals surface area contributed by atoms with E-state index in [0.29, 0.717) is 11.7 Å². The Morgan fingerprint density at radius 3 is 3.12 bits per heavy atom. The number of rotatable bonds is 2. The van der Waals surface area contributed by atoms with Crippen LogP contribution in [0, 0.1) is 0 Å². The second-order valence-corrected chi connectivity index (χ2v) is 4.36. The third kappa shape index (κ3) is 2.67. The number of nitrogens with one attached hydrogen (secondary N) is 1. The van der Waals surface area contributed by atoms with Gasteiger partial charge in [-0.25, -0.2) is 4.79 Å². The van der Waals surface area contributed by atoms with Crippen LogP contribution in [0.4, 0.5) is 16.2 Å². The molecule has 1 unspecified atom stereocenters. The van der Waals surface area contributed by atoms with E-state index in [4.69, 9.17) is 5.11 Å². The molecule has 17 heavy (non-hydrogen) atoms. The normalized spacial score (nSPS) is 20.1. The van der Waals surface area contributed by atoms with Crippen LogP contribution in [0.25, 0.3) is 0 Å². The van der Waals surface area contributed by atoms with E-state index in [9.17, 15) is 4.79 Å².